The van der Waals surface area contributed by atoms with Crippen molar-refractivity contribution in [3.63, 3.8) is 0 Å². The maximum atomic E-state index is 12.7. The van der Waals surface area contributed by atoms with Gasteiger partial charge in [-0.15, -0.1) is 11.3 Å². The average molecular weight is 405 g/mol. The van der Waals surface area contributed by atoms with Crippen LogP contribution in [0.2, 0.25) is 5.02 Å². The number of halogens is 1. The summed E-state index contributed by atoms with van der Waals surface area (Å²) in [6.07, 6.45) is 0.952. The lowest BCUT2D eigenvalue weighted by atomic mass is 10.2. The molecule has 7 heteroatoms. The molecule has 0 N–H and O–H groups in total. The van der Waals surface area contributed by atoms with Crippen LogP contribution in [0.3, 0.4) is 0 Å². The zero-order valence-electron chi connectivity index (χ0n) is 14.8. The van der Waals surface area contributed by atoms with Crippen molar-refractivity contribution in [2.75, 3.05) is 32.8 Å². The first-order valence-corrected chi connectivity index (χ1v) is 10.4. The van der Waals surface area contributed by atoms with E-state index in [1.807, 2.05) is 11.0 Å². The number of thiophene rings is 1. The molecule has 2 unspecified atom stereocenters. The lowest BCUT2D eigenvalue weighted by Crippen LogP contribution is -2.52. The molecule has 4 rings (SSSR count). The van der Waals surface area contributed by atoms with E-state index in [0.29, 0.717) is 42.9 Å². The highest BCUT2D eigenvalue weighted by Gasteiger charge is 2.46. The van der Waals surface area contributed by atoms with Crippen molar-refractivity contribution in [3.8, 4) is 5.75 Å². The molecule has 1 aliphatic carbocycles. The summed E-state index contributed by atoms with van der Waals surface area (Å²) >= 11 is 7.56. The molecular formula is C20H21ClN2O3S. The lowest BCUT2D eigenvalue weighted by Gasteiger charge is -2.35. The maximum Gasteiger partial charge on any atom is 0.260 e. The quantitative estimate of drug-likeness (QED) is 0.768. The Morgan fingerprint density at radius 2 is 1.78 bits per heavy atom. The molecule has 2 heterocycles. The largest absolute Gasteiger partial charge is 0.484 e. The Labute approximate surface area is 167 Å². The predicted molar refractivity (Wildman–Crippen MR) is 105 cm³/mol. The van der Waals surface area contributed by atoms with E-state index in [1.54, 1.807) is 40.5 Å². The predicted octanol–water partition coefficient (Wildman–Crippen LogP) is 3.25. The molecule has 1 saturated carbocycles. The van der Waals surface area contributed by atoms with Gasteiger partial charge in [-0.1, -0.05) is 17.7 Å². The van der Waals surface area contributed by atoms with Gasteiger partial charge in [0.1, 0.15) is 5.75 Å². The molecule has 1 aliphatic heterocycles. The fourth-order valence-corrected chi connectivity index (χ4v) is 4.50. The standard InChI is InChI=1S/C20H21ClN2O3S/c21-14-3-5-15(6-4-14)26-13-19(24)22-7-9-23(10-8-22)20(25)17-12-16(17)18-2-1-11-27-18/h1-6,11,16-17H,7-10,12-13H2. The van der Waals surface area contributed by atoms with Gasteiger partial charge in [0, 0.05) is 47.9 Å². The normalized spacial score (nSPS) is 21.8. The third-order valence-corrected chi connectivity index (χ3v) is 6.39. The van der Waals surface area contributed by atoms with Gasteiger partial charge >= 0.3 is 0 Å². The monoisotopic (exact) mass is 404 g/mol. The number of piperazine rings is 1. The molecule has 0 spiro atoms. The number of benzene rings is 1. The van der Waals surface area contributed by atoms with Crippen LogP contribution in [0, 0.1) is 5.92 Å². The Morgan fingerprint density at radius 1 is 1.07 bits per heavy atom. The van der Waals surface area contributed by atoms with E-state index in [2.05, 4.69) is 11.4 Å². The van der Waals surface area contributed by atoms with Crippen LogP contribution in [-0.2, 0) is 9.59 Å². The third kappa shape index (κ3) is 4.28. The number of rotatable bonds is 5. The van der Waals surface area contributed by atoms with Crippen LogP contribution in [0.15, 0.2) is 41.8 Å². The smallest absolute Gasteiger partial charge is 0.260 e. The number of carbonyl (C=O) groups excluding carboxylic acids is 2. The lowest BCUT2D eigenvalue weighted by molar-refractivity contribution is -0.141. The van der Waals surface area contributed by atoms with Crippen molar-refractivity contribution < 1.29 is 14.3 Å². The number of carbonyl (C=O) groups is 2. The van der Waals surface area contributed by atoms with Crippen molar-refractivity contribution >= 4 is 34.8 Å². The molecule has 0 bridgehead atoms. The molecule has 2 amide bonds. The Kier molecular flexibility index (Phi) is 5.36. The Balaban J connectivity index is 1.22. The molecule has 142 valence electrons. The Hall–Kier alpha value is -2.05. The van der Waals surface area contributed by atoms with Gasteiger partial charge in [-0.05, 0) is 42.1 Å². The number of ether oxygens (including phenoxy) is 1. The number of hydrogen-bond acceptors (Lipinski definition) is 4. The molecule has 5 nitrogen and oxygen atoms in total. The van der Waals surface area contributed by atoms with Gasteiger partial charge < -0.3 is 14.5 Å². The van der Waals surface area contributed by atoms with Crippen molar-refractivity contribution in [1.82, 2.24) is 9.80 Å². The van der Waals surface area contributed by atoms with Gasteiger partial charge in [0.2, 0.25) is 5.91 Å². The fraction of sp³-hybridized carbons (Fsp3) is 0.400. The zero-order chi connectivity index (χ0) is 18.8. The second kappa shape index (κ2) is 7.90. The van der Waals surface area contributed by atoms with Crippen molar-refractivity contribution in [3.05, 3.63) is 51.7 Å². The van der Waals surface area contributed by atoms with Gasteiger partial charge in [0.05, 0.1) is 0 Å². The van der Waals surface area contributed by atoms with E-state index in [9.17, 15) is 9.59 Å². The molecule has 1 aromatic heterocycles. The highest BCUT2D eigenvalue weighted by molar-refractivity contribution is 7.10. The van der Waals surface area contributed by atoms with Crippen LogP contribution in [0.5, 0.6) is 5.75 Å². The van der Waals surface area contributed by atoms with E-state index >= 15 is 0 Å². The van der Waals surface area contributed by atoms with Gasteiger partial charge in [-0.3, -0.25) is 9.59 Å². The Morgan fingerprint density at radius 3 is 2.44 bits per heavy atom. The number of amides is 2. The van der Waals surface area contributed by atoms with Gasteiger partial charge in [-0.2, -0.15) is 0 Å². The van der Waals surface area contributed by atoms with E-state index in [1.165, 1.54) is 4.88 Å². The molecule has 2 atom stereocenters. The zero-order valence-corrected chi connectivity index (χ0v) is 16.4. The van der Waals surface area contributed by atoms with Crippen LogP contribution < -0.4 is 4.74 Å². The summed E-state index contributed by atoms with van der Waals surface area (Å²) in [5.74, 6) is 1.32. The minimum Gasteiger partial charge on any atom is -0.484 e. The van der Waals surface area contributed by atoms with Crippen LogP contribution in [0.4, 0.5) is 0 Å². The average Bonchev–Trinajstić information content (AvgIpc) is 3.31. The SMILES string of the molecule is O=C(COc1ccc(Cl)cc1)N1CCN(C(=O)C2CC2c2cccs2)CC1. The van der Waals surface area contributed by atoms with Gasteiger partial charge in [0.15, 0.2) is 6.61 Å². The molecule has 27 heavy (non-hydrogen) atoms. The van der Waals surface area contributed by atoms with Crippen LogP contribution in [0.25, 0.3) is 0 Å². The van der Waals surface area contributed by atoms with Gasteiger partial charge in [0.25, 0.3) is 5.91 Å². The summed E-state index contributed by atoms with van der Waals surface area (Å²) in [6, 6.07) is 11.1. The van der Waals surface area contributed by atoms with E-state index in [-0.39, 0.29) is 24.3 Å². The third-order valence-electron chi connectivity index (χ3n) is 5.14. The van der Waals surface area contributed by atoms with E-state index < -0.39 is 0 Å². The number of hydrogen-bond donors (Lipinski definition) is 0. The maximum absolute atomic E-state index is 12.7. The second-order valence-electron chi connectivity index (χ2n) is 6.91. The summed E-state index contributed by atoms with van der Waals surface area (Å²) in [4.78, 5) is 30.0. The summed E-state index contributed by atoms with van der Waals surface area (Å²) in [6.45, 7) is 2.31. The summed E-state index contributed by atoms with van der Waals surface area (Å²) in [7, 11) is 0. The number of nitrogens with zero attached hydrogens (tertiary/aromatic N) is 2. The van der Waals surface area contributed by atoms with E-state index in [0.717, 1.165) is 6.42 Å². The minimum absolute atomic E-state index is 0.00133. The van der Waals surface area contributed by atoms with Crippen LogP contribution in [-0.4, -0.2) is 54.4 Å². The van der Waals surface area contributed by atoms with Crippen LogP contribution in [0.1, 0.15) is 17.2 Å². The van der Waals surface area contributed by atoms with Crippen molar-refractivity contribution in [2.45, 2.75) is 12.3 Å². The molecule has 2 aromatic rings. The first-order valence-electron chi connectivity index (χ1n) is 9.10. The van der Waals surface area contributed by atoms with Crippen LogP contribution >= 0.6 is 22.9 Å². The molecule has 1 saturated heterocycles. The van der Waals surface area contributed by atoms with E-state index in [4.69, 9.17) is 16.3 Å². The highest BCUT2D eigenvalue weighted by Crippen LogP contribution is 2.50. The molecular weight excluding hydrogens is 384 g/mol. The summed E-state index contributed by atoms with van der Waals surface area (Å²) < 4.78 is 5.52. The summed E-state index contributed by atoms with van der Waals surface area (Å²) in [5, 5.41) is 2.69. The molecule has 0 radical (unpaired) electrons. The Bertz CT molecular complexity index is 801. The molecule has 2 aliphatic rings. The minimum atomic E-state index is -0.0556. The second-order valence-corrected chi connectivity index (χ2v) is 8.33. The first-order chi connectivity index (χ1) is 13.1. The van der Waals surface area contributed by atoms with Gasteiger partial charge in [-0.25, -0.2) is 0 Å². The summed E-state index contributed by atoms with van der Waals surface area (Å²) in [5.41, 5.74) is 0. The molecule has 1 aromatic carbocycles. The topological polar surface area (TPSA) is 49.9 Å². The highest BCUT2D eigenvalue weighted by atomic mass is 35.5. The molecule has 2 fully saturated rings. The fourth-order valence-electron chi connectivity index (χ4n) is 3.46. The van der Waals surface area contributed by atoms with Crippen molar-refractivity contribution in [2.24, 2.45) is 5.92 Å². The first kappa shape index (κ1) is 18.3. The van der Waals surface area contributed by atoms with Crippen molar-refractivity contribution in [1.29, 1.82) is 0 Å².